The number of benzene rings is 1. The number of carboxylic acids is 2. The van der Waals surface area contributed by atoms with Crippen LogP contribution in [0, 0.1) is 5.92 Å². The van der Waals surface area contributed by atoms with E-state index in [1.165, 1.54) is 0 Å². The van der Waals surface area contributed by atoms with Gasteiger partial charge in [0.15, 0.2) is 0 Å². The van der Waals surface area contributed by atoms with Crippen molar-refractivity contribution in [1.29, 1.82) is 0 Å². The number of hydrogen-bond donors (Lipinski definition) is 4. The monoisotopic (exact) mass is 392 g/mol. The number of amides is 1. The summed E-state index contributed by atoms with van der Waals surface area (Å²) >= 11 is 0. The van der Waals surface area contributed by atoms with E-state index in [1.54, 1.807) is 0 Å². The summed E-state index contributed by atoms with van der Waals surface area (Å²) in [5.74, 6) is -4.21. The first-order valence-corrected chi connectivity index (χ1v) is 8.02. The number of nitrogens with one attached hydrogen (secondary N) is 1. The van der Waals surface area contributed by atoms with Crippen LogP contribution in [0.3, 0.4) is 0 Å². The molecule has 0 fully saturated rings. The Morgan fingerprint density at radius 1 is 1.15 bits per heavy atom. The van der Waals surface area contributed by atoms with E-state index >= 15 is 0 Å². The van der Waals surface area contributed by atoms with E-state index in [-0.39, 0.29) is 12.3 Å². The van der Waals surface area contributed by atoms with Crippen molar-refractivity contribution in [3.63, 3.8) is 0 Å². The van der Waals surface area contributed by atoms with Crippen molar-refractivity contribution in [3.05, 3.63) is 35.9 Å². The molecule has 10 heteroatoms. The van der Waals surface area contributed by atoms with Crippen LogP contribution in [0.5, 0.6) is 0 Å². The Bertz CT molecular complexity index is 623. The molecule has 0 spiro atoms. The van der Waals surface area contributed by atoms with Gasteiger partial charge in [-0.25, -0.2) is 9.59 Å². The summed E-state index contributed by atoms with van der Waals surface area (Å²) in [6.45, 7) is 3.81. The van der Waals surface area contributed by atoms with Gasteiger partial charge in [-0.1, -0.05) is 50.6 Å². The number of rotatable bonds is 7. The van der Waals surface area contributed by atoms with E-state index in [4.69, 9.17) is 15.6 Å². The molecular formula is C17H23F3N2O5. The van der Waals surface area contributed by atoms with Gasteiger partial charge in [-0.3, -0.25) is 4.79 Å². The molecule has 0 saturated carbocycles. The number of hydrogen-bond acceptors (Lipinski definition) is 4. The van der Waals surface area contributed by atoms with Crippen LogP contribution in [0.4, 0.5) is 13.2 Å². The number of carbonyl (C=O) groups is 3. The van der Waals surface area contributed by atoms with Crippen LogP contribution < -0.4 is 11.1 Å². The summed E-state index contributed by atoms with van der Waals surface area (Å²) in [7, 11) is 0. The smallest absolute Gasteiger partial charge is 0.480 e. The Kier molecular flexibility index (Phi) is 10.1. The zero-order valence-corrected chi connectivity index (χ0v) is 14.9. The Labute approximate surface area is 154 Å². The van der Waals surface area contributed by atoms with E-state index < -0.39 is 36.1 Å². The van der Waals surface area contributed by atoms with Crippen molar-refractivity contribution >= 4 is 17.8 Å². The number of carboxylic acid groups (broad SMARTS) is 2. The minimum absolute atomic E-state index is 0.0150. The van der Waals surface area contributed by atoms with Crippen LogP contribution in [-0.4, -0.2) is 46.3 Å². The topological polar surface area (TPSA) is 130 Å². The third-order valence-electron chi connectivity index (χ3n) is 3.70. The fraction of sp³-hybridized carbons (Fsp3) is 0.471. The van der Waals surface area contributed by atoms with Gasteiger partial charge in [-0.05, 0) is 11.5 Å². The SMILES string of the molecule is CC[C@H](C)[C@H](N)C(=O)N[C@@H](Cc1ccccc1)C(=O)O.O=C(O)C(F)(F)F. The van der Waals surface area contributed by atoms with Gasteiger partial charge in [-0.15, -0.1) is 0 Å². The van der Waals surface area contributed by atoms with Gasteiger partial charge in [0.1, 0.15) is 6.04 Å². The molecule has 0 aliphatic heterocycles. The molecule has 0 aromatic heterocycles. The molecule has 1 aromatic carbocycles. The molecule has 3 atom stereocenters. The van der Waals surface area contributed by atoms with Gasteiger partial charge in [0.2, 0.25) is 5.91 Å². The lowest BCUT2D eigenvalue weighted by atomic mass is 9.98. The Hall–Kier alpha value is -2.62. The standard InChI is InChI=1S/C15H22N2O3.C2HF3O2/c1-3-10(2)13(16)14(18)17-12(15(19)20)9-11-7-5-4-6-8-11;3-2(4,5)1(6)7/h4-8,10,12-13H,3,9,16H2,1-2H3,(H,17,18)(H,19,20);(H,6,7)/t10-,12-,13-;/m0./s1. The molecule has 0 heterocycles. The van der Waals surface area contributed by atoms with E-state index in [0.717, 1.165) is 12.0 Å². The molecule has 27 heavy (non-hydrogen) atoms. The molecule has 1 rings (SSSR count). The Morgan fingerprint density at radius 3 is 2.00 bits per heavy atom. The molecule has 5 N–H and O–H groups in total. The van der Waals surface area contributed by atoms with Crippen LogP contribution in [0.1, 0.15) is 25.8 Å². The molecule has 0 bridgehead atoms. The average Bonchev–Trinajstić information content (AvgIpc) is 2.60. The summed E-state index contributed by atoms with van der Waals surface area (Å²) in [5.41, 5.74) is 6.67. The lowest BCUT2D eigenvalue weighted by molar-refractivity contribution is -0.192. The highest BCUT2D eigenvalue weighted by Crippen LogP contribution is 2.13. The maximum atomic E-state index is 11.9. The van der Waals surface area contributed by atoms with Crippen molar-refractivity contribution in [2.45, 2.75) is 44.9 Å². The summed E-state index contributed by atoms with van der Waals surface area (Å²) in [4.78, 5) is 32.1. The maximum Gasteiger partial charge on any atom is 0.490 e. The molecule has 0 radical (unpaired) electrons. The highest BCUT2D eigenvalue weighted by molar-refractivity contribution is 5.87. The first kappa shape index (κ1) is 24.4. The largest absolute Gasteiger partial charge is 0.490 e. The van der Waals surface area contributed by atoms with Gasteiger partial charge in [-0.2, -0.15) is 13.2 Å². The normalized spacial score (nSPS) is 14.1. The number of alkyl halides is 3. The van der Waals surface area contributed by atoms with E-state index in [2.05, 4.69) is 5.32 Å². The third-order valence-corrected chi connectivity index (χ3v) is 3.70. The minimum atomic E-state index is -5.08. The minimum Gasteiger partial charge on any atom is -0.480 e. The maximum absolute atomic E-state index is 11.9. The predicted molar refractivity (Wildman–Crippen MR) is 90.8 cm³/mol. The molecule has 1 amide bonds. The molecule has 0 aliphatic rings. The van der Waals surface area contributed by atoms with Gasteiger partial charge in [0.05, 0.1) is 6.04 Å². The molecule has 1 aromatic rings. The summed E-state index contributed by atoms with van der Waals surface area (Å²) in [6, 6.07) is 7.55. The second-order valence-electron chi connectivity index (χ2n) is 5.80. The van der Waals surface area contributed by atoms with Crippen molar-refractivity contribution in [2.24, 2.45) is 11.7 Å². The lowest BCUT2D eigenvalue weighted by Crippen LogP contribution is -2.51. The summed E-state index contributed by atoms with van der Waals surface area (Å²) < 4.78 is 31.7. The highest BCUT2D eigenvalue weighted by Gasteiger charge is 2.38. The quantitative estimate of drug-likeness (QED) is 0.560. The van der Waals surface area contributed by atoms with Gasteiger partial charge in [0, 0.05) is 6.42 Å². The first-order chi connectivity index (χ1) is 12.4. The zero-order valence-electron chi connectivity index (χ0n) is 14.9. The number of halogens is 3. The van der Waals surface area contributed by atoms with Gasteiger partial charge >= 0.3 is 18.1 Å². The molecular weight excluding hydrogens is 369 g/mol. The highest BCUT2D eigenvalue weighted by atomic mass is 19.4. The van der Waals surface area contributed by atoms with Crippen LogP contribution in [0.15, 0.2) is 30.3 Å². The Balaban J connectivity index is 0.000000821. The summed E-state index contributed by atoms with van der Waals surface area (Å²) in [6.07, 6.45) is -4.07. The van der Waals surface area contributed by atoms with Gasteiger partial charge in [0.25, 0.3) is 0 Å². The second kappa shape index (κ2) is 11.2. The third kappa shape index (κ3) is 9.59. The zero-order chi connectivity index (χ0) is 21.2. The van der Waals surface area contributed by atoms with Gasteiger partial charge < -0.3 is 21.3 Å². The fourth-order valence-electron chi connectivity index (χ4n) is 1.83. The summed E-state index contributed by atoms with van der Waals surface area (Å²) in [5, 5.41) is 18.8. The molecule has 152 valence electrons. The molecule has 0 aliphatic carbocycles. The van der Waals surface area contributed by atoms with Crippen molar-refractivity contribution in [3.8, 4) is 0 Å². The number of carbonyl (C=O) groups excluding carboxylic acids is 1. The fourth-order valence-corrected chi connectivity index (χ4v) is 1.83. The van der Waals surface area contributed by atoms with E-state index in [1.807, 2.05) is 44.2 Å². The van der Waals surface area contributed by atoms with Crippen molar-refractivity contribution < 1.29 is 37.8 Å². The number of aliphatic carboxylic acids is 2. The molecule has 0 saturated heterocycles. The van der Waals surface area contributed by atoms with Crippen LogP contribution in [0.25, 0.3) is 0 Å². The predicted octanol–water partition coefficient (Wildman–Crippen LogP) is 1.81. The molecule has 7 nitrogen and oxygen atoms in total. The van der Waals surface area contributed by atoms with Crippen molar-refractivity contribution in [2.75, 3.05) is 0 Å². The van der Waals surface area contributed by atoms with E-state index in [0.29, 0.717) is 0 Å². The van der Waals surface area contributed by atoms with Crippen LogP contribution in [-0.2, 0) is 20.8 Å². The number of nitrogens with two attached hydrogens (primary N) is 1. The second-order valence-corrected chi connectivity index (χ2v) is 5.80. The van der Waals surface area contributed by atoms with Crippen LogP contribution >= 0.6 is 0 Å². The Morgan fingerprint density at radius 2 is 1.63 bits per heavy atom. The van der Waals surface area contributed by atoms with E-state index in [9.17, 15) is 27.9 Å². The molecule has 0 unspecified atom stereocenters. The average molecular weight is 392 g/mol. The van der Waals surface area contributed by atoms with Crippen LogP contribution in [0.2, 0.25) is 0 Å². The van der Waals surface area contributed by atoms with Crippen molar-refractivity contribution in [1.82, 2.24) is 5.32 Å². The first-order valence-electron chi connectivity index (χ1n) is 8.02. The lowest BCUT2D eigenvalue weighted by Gasteiger charge is -2.21.